The maximum Gasteiger partial charge on any atom is 0.150 e. The molecule has 0 N–H and O–H groups in total. The Kier molecular flexibility index (Phi) is 4.08. The number of carbonyl (C=O) groups excluding carboxylic acids is 1. The van der Waals surface area contributed by atoms with Gasteiger partial charge in [-0.15, -0.1) is 0 Å². The standard InChI is InChI=1S/C17H16N4O/c18-20-19-9-3-4-10-21-16-6-2-1-5-14(16)15-11-13(12-22)7-8-17(15)21/h1-2,5-8,11-12H,3-4,9-10H2. The molecule has 5 nitrogen and oxygen atoms in total. The summed E-state index contributed by atoms with van der Waals surface area (Å²) < 4.78 is 2.27. The molecular formula is C17H16N4O. The van der Waals surface area contributed by atoms with E-state index in [1.54, 1.807) is 0 Å². The fourth-order valence-electron chi connectivity index (χ4n) is 2.88. The zero-order valence-corrected chi connectivity index (χ0v) is 12.1. The van der Waals surface area contributed by atoms with Gasteiger partial charge in [0.15, 0.2) is 0 Å². The Balaban J connectivity index is 2.02. The maximum absolute atomic E-state index is 11.0. The molecule has 5 heteroatoms. The van der Waals surface area contributed by atoms with Crippen molar-refractivity contribution >= 4 is 28.1 Å². The molecular weight excluding hydrogens is 276 g/mol. The lowest BCUT2D eigenvalue weighted by Gasteiger charge is -2.06. The highest BCUT2D eigenvalue weighted by Gasteiger charge is 2.10. The molecule has 0 unspecified atom stereocenters. The summed E-state index contributed by atoms with van der Waals surface area (Å²) in [5.41, 5.74) is 11.3. The van der Waals surface area contributed by atoms with E-state index < -0.39 is 0 Å². The summed E-state index contributed by atoms with van der Waals surface area (Å²) in [5.74, 6) is 0. The molecule has 0 radical (unpaired) electrons. The van der Waals surface area contributed by atoms with Crippen molar-refractivity contribution in [2.24, 2.45) is 5.11 Å². The van der Waals surface area contributed by atoms with Crippen LogP contribution < -0.4 is 0 Å². The largest absolute Gasteiger partial charge is 0.340 e. The van der Waals surface area contributed by atoms with Gasteiger partial charge in [0.2, 0.25) is 0 Å². The van der Waals surface area contributed by atoms with Gasteiger partial charge in [-0.3, -0.25) is 4.79 Å². The van der Waals surface area contributed by atoms with Crippen LogP contribution in [0.2, 0.25) is 0 Å². The number of para-hydroxylation sites is 1. The molecule has 0 spiro atoms. The van der Waals surface area contributed by atoms with E-state index in [1.165, 1.54) is 5.52 Å². The highest BCUT2D eigenvalue weighted by Crippen LogP contribution is 2.29. The topological polar surface area (TPSA) is 70.8 Å². The number of benzene rings is 2. The van der Waals surface area contributed by atoms with Crippen LogP contribution in [-0.4, -0.2) is 17.4 Å². The van der Waals surface area contributed by atoms with Gasteiger partial charge in [-0.25, -0.2) is 0 Å². The van der Waals surface area contributed by atoms with E-state index >= 15 is 0 Å². The van der Waals surface area contributed by atoms with E-state index in [9.17, 15) is 4.79 Å². The average molecular weight is 292 g/mol. The molecule has 0 amide bonds. The second kappa shape index (κ2) is 6.33. The number of nitrogens with zero attached hydrogens (tertiary/aromatic N) is 4. The third kappa shape index (κ3) is 2.54. The highest BCUT2D eigenvalue weighted by molar-refractivity contribution is 6.09. The molecule has 3 aromatic rings. The van der Waals surface area contributed by atoms with Crippen LogP contribution in [0.15, 0.2) is 47.6 Å². The van der Waals surface area contributed by atoms with Gasteiger partial charge >= 0.3 is 0 Å². The predicted octanol–water partition coefficient (Wildman–Crippen LogP) is 4.70. The zero-order valence-electron chi connectivity index (χ0n) is 12.1. The molecule has 0 aliphatic heterocycles. The van der Waals surface area contributed by atoms with Crippen molar-refractivity contribution in [2.75, 3.05) is 6.54 Å². The summed E-state index contributed by atoms with van der Waals surface area (Å²) >= 11 is 0. The summed E-state index contributed by atoms with van der Waals surface area (Å²) in [7, 11) is 0. The van der Waals surface area contributed by atoms with Crippen molar-refractivity contribution in [1.29, 1.82) is 0 Å². The molecule has 0 fully saturated rings. The number of rotatable bonds is 6. The first kappa shape index (κ1) is 14.2. The number of hydrogen-bond donors (Lipinski definition) is 0. The average Bonchev–Trinajstić information content (AvgIpc) is 2.88. The first-order valence-corrected chi connectivity index (χ1v) is 7.32. The summed E-state index contributed by atoms with van der Waals surface area (Å²) in [6.07, 6.45) is 2.69. The number of unbranched alkanes of at least 4 members (excludes halogenated alkanes) is 1. The molecule has 0 atom stereocenters. The first-order valence-electron chi connectivity index (χ1n) is 7.32. The fourth-order valence-corrected chi connectivity index (χ4v) is 2.88. The first-order chi connectivity index (χ1) is 10.8. The molecule has 3 rings (SSSR count). The van der Waals surface area contributed by atoms with Crippen LogP contribution in [0.25, 0.3) is 32.2 Å². The lowest BCUT2D eigenvalue weighted by molar-refractivity contribution is 0.112. The van der Waals surface area contributed by atoms with Crippen molar-refractivity contribution in [3.05, 3.63) is 58.5 Å². The van der Waals surface area contributed by atoms with Gasteiger partial charge in [-0.05, 0) is 42.6 Å². The monoisotopic (exact) mass is 292 g/mol. The third-order valence-electron chi connectivity index (χ3n) is 3.89. The fraction of sp³-hybridized carbons (Fsp3) is 0.235. The normalized spacial score (nSPS) is 10.7. The molecule has 0 saturated carbocycles. The lowest BCUT2D eigenvalue weighted by Crippen LogP contribution is -1.98. The number of carbonyl (C=O) groups is 1. The molecule has 0 saturated heterocycles. The van der Waals surface area contributed by atoms with E-state index in [0.29, 0.717) is 12.1 Å². The molecule has 0 aliphatic rings. The Bertz CT molecular complexity index is 875. The van der Waals surface area contributed by atoms with Crippen molar-refractivity contribution in [1.82, 2.24) is 4.57 Å². The minimum absolute atomic E-state index is 0.531. The van der Waals surface area contributed by atoms with Gasteiger partial charge in [0.05, 0.1) is 0 Å². The van der Waals surface area contributed by atoms with E-state index in [4.69, 9.17) is 5.53 Å². The van der Waals surface area contributed by atoms with Crippen molar-refractivity contribution < 1.29 is 4.79 Å². The van der Waals surface area contributed by atoms with Crippen LogP contribution >= 0.6 is 0 Å². The second-order valence-corrected chi connectivity index (χ2v) is 5.22. The Labute approximate surface area is 127 Å². The van der Waals surface area contributed by atoms with Crippen LogP contribution in [-0.2, 0) is 6.54 Å². The van der Waals surface area contributed by atoms with Crippen LogP contribution in [0.5, 0.6) is 0 Å². The van der Waals surface area contributed by atoms with E-state index in [1.807, 2.05) is 30.3 Å². The number of hydrogen-bond acceptors (Lipinski definition) is 2. The van der Waals surface area contributed by atoms with Crippen molar-refractivity contribution in [2.45, 2.75) is 19.4 Å². The van der Waals surface area contributed by atoms with Crippen molar-refractivity contribution in [3.8, 4) is 0 Å². The molecule has 22 heavy (non-hydrogen) atoms. The summed E-state index contributed by atoms with van der Waals surface area (Å²) in [6.45, 7) is 1.40. The molecule has 0 bridgehead atoms. The smallest absolute Gasteiger partial charge is 0.150 e. The minimum atomic E-state index is 0.531. The second-order valence-electron chi connectivity index (χ2n) is 5.22. The summed E-state index contributed by atoms with van der Waals surface area (Å²) in [5, 5.41) is 5.84. The Hall–Kier alpha value is -2.78. The third-order valence-corrected chi connectivity index (χ3v) is 3.89. The van der Waals surface area contributed by atoms with Crippen LogP contribution in [0.1, 0.15) is 23.2 Å². The molecule has 0 aliphatic carbocycles. The van der Waals surface area contributed by atoms with Gasteiger partial charge < -0.3 is 4.57 Å². The zero-order chi connectivity index (χ0) is 15.4. The molecule has 2 aromatic carbocycles. The van der Waals surface area contributed by atoms with E-state index in [-0.39, 0.29) is 0 Å². The van der Waals surface area contributed by atoms with Crippen LogP contribution in [0.4, 0.5) is 0 Å². The van der Waals surface area contributed by atoms with Gasteiger partial charge in [-0.2, -0.15) is 0 Å². The quantitative estimate of drug-likeness (QED) is 0.213. The summed E-state index contributed by atoms with van der Waals surface area (Å²) in [6, 6.07) is 14.0. The molecule has 110 valence electrons. The van der Waals surface area contributed by atoms with Gasteiger partial charge in [0.1, 0.15) is 6.29 Å². The minimum Gasteiger partial charge on any atom is -0.340 e. The lowest BCUT2D eigenvalue weighted by atomic mass is 10.1. The molecule has 1 heterocycles. The van der Waals surface area contributed by atoms with E-state index in [2.05, 4.69) is 26.7 Å². The Morgan fingerprint density at radius 3 is 2.73 bits per heavy atom. The van der Waals surface area contributed by atoms with Crippen molar-refractivity contribution in [3.63, 3.8) is 0 Å². The number of fused-ring (bicyclic) bond motifs is 3. The number of aryl methyl sites for hydroxylation is 1. The predicted molar refractivity (Wildman–Crippen MR) is 88.1 cm³/mol. The Morgan fingerprint density at radius 1 is 1.09 bits per heavy atom. The SMILES string of the molecule is [N-]=[N+]=NCCCCn1c2ccccc2c2cc(C=O)ccc21. The maximum atomic E-state index is 11.0. The van der Waals surface area contributed by atoms with Crippen LogP contribution in [0.3, 0.4) is 0 Å². The van der Waals surface area contributed by atoms with E-state index in [0.717, 1.165) is 42.0 Å². The number of azide groups is 1. The van der Waals surface area contributed by atoms with Gasteiger partial charge in [0.25, 0.3) is 0 Å². The molecule has 1 aromatic heterocycles. The van der Waals surface area contributed by atoms with Crippen LogP contribution in [0, 0.1) is 0 Å². The number of aldehydes is 1. The number of aromatic nitrogens is 1. The van der Waals surface area contributed by atoms with Gasteiger partial charge in [0, 0.05) is 45.4 Å². The summed E-state index contributed by atoms with van der Waals surface area (Å²) in [4.78, 5) is 13.8. The highest BCUT2D eigenvalue weighted by atomic mass is 16.1. The Morgan fingerprint density at radius 2 is 1.91 bits per heavy atom. The van der Waals surface area contributed by atoms with Gasteiger partial charge in [-0.1, -0.05) is 23.3 Å².